The van der Waals surface area contributed by atoms with Gasteiger partial charge >= 0.3 is 0 Å². The Kier molecular flexibility index (Phi) is 4.40. The average molecular weight is 331 g/mol. The maximum absolute atomic E-state index is 13.8. The summed E-state index contributed by atoms with van der Waals surface area (Å²) in [5.74, 6) is -0.540. The van der Waals surface area contributed by atoms with Crippen molar-refractivity contribution in [1.82, 2.24) is 14.7 Å². The predicted octanol–water partition coefficient (Wildman–Crippen LogP) is 1.64. The number of sulfonamides is 1. The largest absolute Gasteiger partial charge is 0.399 e. The lowest BCUT2D eigenvalue weighted by Crippen LogP contribution is -2.25. The zero-order valence-corrected chi connectivity index (χ0v) is 12.5. The van der Waals surface area contributed by atoms with Crippen LogP contribution in [0.4, 0.5) is 10.1 Å². The maximum atomic E-state index is 13.8. The molecule has 3 N–H and O–H groups in total. The monoisotopic (exact) mass is 330 g/mol. The zero-order chi connectivity index (χ0) is 15.6. The molecular formula is C12H12ClFN4O2S. The van der Waals surface area contributed by atoms with Gasteiger partial charge < -0.3 is 5.73 Å². The lowest BCUT2D eigenvalue weighted by molar-refractivity contribution is 0.556. The Morgan fingerprint density at radius 1 is 1.43 bits per heavy atom. The smallest absolute Gasteiger partial charge is 0.243 e. The molecule has 1 aromatic carbocycles. The third-order valence-electron chi connectivity index (χ3n) is 2.58. The maximum Gasteiger partial charge on any atom is 0.243 e. The van der Waals surface area contributed by atoms with E-state index in [1.807, 2.05) is 0 Å². The summed E-state index contributed by atoms with van der Waals surface area (Å²) >= 11 is 5.60. The van der Waals surface area contributed by atoms with Gasteiger partial charge in [0.25, 0.3) is 0 Å². The molecule has 0 bridgehead atoms. The standard InChI is InChI=1S/C12H12ClFN4O2S/c1-7-16-3-2-9(18-7)6-17-21(19,20)11-5-8(15)4-10(13)12(11)14/h2-5,17H,6,15H2,1H3. The van der Waals surface area contributed by atoms with Gasteiger partial charge in [-0.3, -0.25) is 0 Å². The number of aromatic nitrogens is 2. The highest BCUT2D eigenvalue weighted by Crippen LogP contribution is 2.25. The molecule has 0 unspecified atom stereocenters. The molecule has 0 fully saturated rings. The predicted molar refractivity (Wildman–Crippen MR) is 76.6 cm³/mol. The van der Waals surface area contributed by atoms with Crippen LogP contribution in [0.1, 0.15) is 11.5 Å². The number of nitrogen functional groups attached to an aromatic ring is 1. The minimum absolute atomic E-state index is 0.0552. The molecule has 0 saturated carbocycles. The van der Waals surface area contributed by atoms with Gasteiger partial charge in [-0.1, -0.05) is 11.6 Å². The molecule has 0 aliphatic rings. The summed E-state index contributed by atoms with van der Waals surface area (Å²) < 4.78 is 40.3. The molecule has 6 nitrogen and oxygen atoms in total. The summed E-state index contributed by atoms with van der Waals surface area (Å²) in [6, 6.07) is 3.71. The number of nitrogens with zero attached hydrogens (tertiary/aromatic N) is 2. The first kappa shape index (κ1) is 15.6. The van der Waals surface area contributed by atoms with Crippen LogP contribution in [0, 0.1) is 12.7 Å². The van der Waals surface area contributed by atoms with Crippen LogP contribution in [0.5, 0.6) is 0 Å². The fourth-order valence-corrected chi connectivity index (χ4v) is 3.04. The van der Waals surface area contributed by atoms with E-state index in [2.05, 4.69) is 14.7 Å². The Balaban J connectivity index is 2.27. The Bertz CT molecular complexity index is 783. The van der Waals surface area contributed by atoms with E-state index >= 15 is 0 Å². The SMILES string of the molecule is Cc1nccc(CNS(=O)(=O)c2cc(N)cc(Cl)c2F)n1. The van der Waals surface area contributed by atoms with E-state index in [1.54, 1.807) is 13.0 Å². The van der Waals surface area contributed by atoms with E-state index < -0.39 is 20.7 Å². The van der Waals surface area contributed by atoms with Crippen molar-refractivity contribution in [3.05, 3.63) is 46.8 Å². The van der Waals surface area contributed by atoms with Gasteiger partial charge in [0, 0.05) is 11.9 Å². The number of rotatable bonds is 4. The average Bonchev–Trinajstić information content (AvgIpc) is 2.41. The van der Waals surface area contributed by atoms with Crippen LogP contribution in [0.3, 0.4) is 0 Å². The highest BCUT2D eigenvalue weighted by atomic mass is 35.5. The van der Waals surface area contributed by atoms with Crippen molar-refractivity contribution in [3.63, 3.8) is 0 Å². The molecule has 2 aromatic rings. The van der Waals surface area contributed by atoms with Crippen molar-refractivity contribution in [3.8, 4) is 0 Å². The number of hydrogen-bond donors (Lipinski definition) is 2. The van der Waals surface area contributed by atoms with E-state index in [4.69, 9.17) is 17.3 Å². The van der Waals surface area contributed by atoms with Crippen molar-refractivity contribution < 1.29 is 12.8 Å². The van der Waals surface area contributed by atoms with Crippen molar-refractivity contribution in [2.45, 2.75) is 18.4 Å². The van der Waals surface area contributed by atoms with E-state index in [0.717, 1.165) is 12.1 Å². The van der Waals surface area contributed by atoms with Gasteiger partial charge in [-0.15, -0.1) is 0 Å². The number of anilines is 1. The van der Waals surface area contributed by atoms with Crippen LogP contribution in [-0.4, -0.2) is 18.4 Å². The second-order valence-electron chi connectivity index (χ2n) is 4.23. The molecule has 21 heavy (non-hydrogen) atoms. The lowest BCUT2D eigenvalue weighted by atomic mass is 10.3. The summed E-state index contributed by atoms with van der Waals surface area (Å²) in [5, 5.41) is -0.353. The van der Waals surface area contributed by atoms with Gasteiger partial charge in [-0.25, -0.2) is 27.5 Å². The number of benzene rings is 1. The fraction of sp³-hybridized carbons (Fsp3) is 0.167. The van der Waals surface area contributed by atoms with Crippen LogP contribution in [0.15, 0.2) is 29.3 Å². The van der Waals surface area contributed by atoms with Crippen molar-refractivity contribution in [1.29, 1.82) is 0 Å². The first-order valence-electron chi connectivity index (χ1n) is 5.82. The van der Waals surface area contributed by atoms with Gasteiger partial charge in [-0.2, -0.15) is 0 Å². The molecule has 0 saturated heterocycles. The number of aryl methyl sites for hydroxylation is 1. The summed E-state index contributed by atoms with van der Waals surface area (Å²) in [7, 11) is -4.10. The molecular weight excluding hydrogens is 319 g/mol. The van der Waals surface area contributed by atoms with Crippen LogP contribution in [0.2, 0.25) is 5.02 Å². The number of halogens is 2. The Morgan fingerprint density at radius 3 is 2.81 bits per heavy atom. The third-order valence-corrected chi connectivity index (χ3v) is 4.26. The highest BCUT2D eigenvalue weighted by molar-refractivity contribution is 7.89. The summed E-state index contributed by atoms with van der Waals surface area (Å²) in [4.78, 5) is 7.34. The summed E-state index contributed by atoms with van der Waals surface area (Å²) in [6.07, 6.45) is 1.50. The minimum atomic E-state index is -4.10. The molecule has 0 radical (unpaired) electrons. The van der Waals surface area contributed by atoms with E-state index in [9.17, 15) is 12.8 Å². The molecule has 112 valence electrons. The van der Waals surface area contributed by atoms with Crippen LogP contribution < -0.4 is 10.5 Å². The normalized spacial score (nSPS) is 11.6. The topological polar surface area (TPSA) is 98.0 Å². The summed E-state index contributed by atoms with van der Waals surface area (Å²) in [6.45, 7) is 1.58. The van der Waals surface area contributed by atoms with Crippen LogP contribution >= 0.6 is 11.6 Å². The third kappa shape index (κ3) is 3.66. The second-order valence-corrected chi connectivity index (χ2v) is 6.38. The van der Waals surface area contributed by atoms with Crippen molar-refractivity contribution in [2.24, 2.45) is 0 Å². The first-order valence-corrected chi connectivity index (χ1v) is 7.68. The highest BCUT2D eigenvalue weighted by Gasteiger charge is 2.21. The molecule has 0 amide bonds. The van der Waals surface area contributed by atoms with Crippen molar-refractivity contribution in [2.75, 3.05) is 5.73 Å². The van der Waals surface area contributed by atoms with Gasteiger partial charge in [0.15, 0.2) is 5.82 Å². The van der Waals surface area contributed by atoms with E-state index in [0.29, 0.717) is 11.5 Å². The molecule has 0 spiro atoms. The Morgan fingerprint density at radius 2 is 2.14 bits per heavy atom. The number of hydrogen-bond acceptors (Lipinski definition) is 5. The quantitative estimate of drug-likeness (QED) is 0.830. The fourth-order valence-electron chi connectivity index (χ4n) is 1.63. The molecule has 2 rings (SSSR count). The van der Waals surface area contributed by atoms with Gasteiger partial charge in [0.05, 0.1) is 17.3 Å². The summed E-state index contributed by atoms with van der Waals surface area (Å²) in [5.41, 5.74) is 6.00. The second kappa shape index (κ2) is 5.92. The molecule has 0 aliphatic carbocycles. The van der Waals surface area contributed by atoms with Crippen molar-refractivity contribution >= 4 is 27.3 Å². The molecule has 1 aromatic heterocycles. The van der Waals surface area contributed by atoms with Gasteiger partial charge in [-0.05, 0) is 25.1 Å². The molecule has 9 heteroatoms. The number of nitrogens with two attached hydrogens (primary N) is 1. The van der Waals surface area contributed by atoms with E-state index in [1.165, 1.54) is 6.20 Å². The van der Waals surface area contributed by atoms with Gasteiger partial charge in [0.1, 0.15) is 10.7 Å². The lowest BCUT2D eigenvalue weighted by Gasteiger charge is -2.09. The minimum Gasteiger partial charge on any atom is -0.399 e. The molecule has 0 atom stereocenters. The van der Waals surface area contributed by atoms with E-state index in [-0.39, 0.29) is 17.3 Å². The van der Waals surface area contributed by atoms with Crippen LogP contribution in [-0.2, 0) is 16.6 Å². The molecule has 1 heterocycles. The van der Waals surface area contributed by atoms with Crippen LogP contribution in [0.25, 0.3) is 0 Å². The number of nitrogens with one attached hydrogen (secondary N) is 1. The Labute approximate surface area is 126 Å². The van der Waals surface area contributed by atoms with Gasteiger partial charge in [0.2, 0.25) is 10.0 Å². The zero-order valence-electron chi connectivity index (χ0n) is 11.0. The molecule has 0 aliphatic heterocycles. The Hall–Kier alpha value is -1.77. The first-order chi connectivity index (χ1) is 9.79.